The molecule has 0 radical (unpaired) electrons. The molecule has 6 heteroatoms. The zero-order chi connectivity index (χ0) is 15.1. The summed E-state index contributed by atoms with van der Waals surface area (Å²) in [5, 5.41) is 3.18. The second-order valence-electron chi connectivity index (χ2n) is 5.17. The maximum Gasteiger partial charge on any atom is 0.188 e. The molecular weight excluding hydrogens is 276 g/mol. The normalized spacial score (nSPS) is 16.8. The number of rotatable bonds is 5. The van der Waals surface area contributed by atoms with Crippen LogP contribution in [0.4, 0.5) is 8.78 Å². The molecule has 0 aromatic heterocycles. The standard InChI is InChI=1S/C15H21F2N3O/c16-11-6-7-14(13(17)10-11)21-9-8-19-15(18)20-12-4-2-1-3-5-12/h6-7,10,12H,1-5,8-9H2,(H3,18,19,20). The van der Waals surface area contributed by atoms with Crippen LogP contribution < -0.4 is 15.8 Å². The summed E-state index contributed by atoms with van der Waals surface area (Å²) in [6, 6.07) is 3.61. The van der Waals surface area contributed by atoms with Crippen LogP contribution in [0.25, 0.3) is 0 Å². The van der Waals surface area contributed by atoms with Crippen molar-refractivity contribution in [2.75, 3.05) is 13.2 Å². The highest BCUT2D eigenvalue weighted by molar-refractivity contribution is 5.78. The van der Waals surface area contributed by atoms with E-state index in [0.29, 0.717) is 18.5 Å². The first-order valence-electron chi connectivity index (χ1n) is 7.29. The SMILES string of the molecule is NC(=NCCOc1ccc(F)cc1F)NC1CCCCC1. The zero-order valence-electron chi connectivity index (χ0n) is 11.9. The summed E-state index contributed by atoms with van der Waals surface area (Å²) >= 11 is 0. The molecule has 1 fully saturated rings. The van der Waals surface area contributed by atoms with Crippen molar-refractivity contribution >= 4 is 5.96 Å². The molecule has 1 aliphatic carbocycles. The number of nitrogens with one attached hydrogen (secondary N) is 1. The lowest BCUT2D eigenvalue weighted by atomic mass is 9.96. The quantitative estimate of drug-likeness (QED) is 0.499. The first-order chi connectivity index (χ1) is 10.1. The van der Waals surface area contributed by atoms with Gasteiger partial charge in [0.05, 0.1) is 6.54 Å². The number of nitrogens with two attached hydrogens (primary N) is 1. The van der Waals surface area contributed by atoms with Gasteiger partial charge in [0.25, 0.3) is 0 Å². The van der Waals surface area contributed by atoms with E-state index >= 15 is 0 Å². The molecule has 0 spiro atoms. The van der Waals surface area contributed by atoms with E-state index in [1.165, 1.54) is 25.3 Å². The second kappa shape index (κ2) is 7.81. The van der Waals surface area contributed by atoms with E-state index in [2.05, 4.69) is 10.3 Å². The first kappa shape index (κ1) is 15.5. The van der Waals surface area contributed by atoms with Crippen LogP contribution in [0.15, 0.2) is 23.2 Å². The predicted octanol–water partition coefficient (Wildman–Crippen LogP) is 2.58. The number of aliphatic imine (C=N–C) groups is 1. The van der Waals surface area contributed by atoms with Crippen LogP contribution in [-0.2, 0) is 0 Å². The van der Waals surface area contributed by atoms with E-state index < -0.39 is 11.6 Å². The Kier molecular flexibility index (Phi) is 5.78. The van der Waals surface area contributed by atoms with Crippen molar-refractivity contribution in [2.45, 2.75) is 38.1 Å². The van der Waals surface area contributed by atoms with Crippen LogP contribution in [0.3, 0.4) is 0 Å². The van der Waals surface area contributed by atoms with E-state index in [-0.39, 0.29) is 12.4 Å². The Hall–Kier alpha value is -1.85. The molecule has 0 amide bonds. The highest BCUT2D eigenvalue weighted by Gasteiger charge is 2.13. The molecular formula is C15H21F2N3O. The van der Waals surface area contributed by atoms with Crippen LogP contribution in [0, 0.1) is 11.6 Å². The molecule has 0 heterocycles. The van der Waals surface area contributed by atoms with E-state index in [9.17, 15) is 8.78 Å². The lowest BCUT2D eigenvalue weighted by Gasteiger charge is -2.23. The van der Waals surface area contributed by atoms with Gasteiger partial charge in [0, 0.05) is 12.1 Å². The predicted molar refractivity (Wildman–Crippen MR) is 78.4 cm³/mol. The summed E-state index contributed by atoms with van der Waals surface area (Å²) in [4.78, 5) is 4.14. The fourth-order valence-electron chi connectivity index (χ4n) is 2.42. The topological polar surface area (TPSA) is 59.6 Å². The van der Waals surface area contributed by atoms with Gasteiger partial charge in [0.1, 0.15) is 12.4 Å². The van der Waals surface area contributed by atoms with Crippen molar-refractivity contribution in [3.8, 4) is 5.75 Å². The summed E-state index contributed by atoms with van der Waals surface area (Å²) in [6.45, 7) is 0.512. The minimum atomic E-state index is -0.715. The molecule has 0 unspecified atom stereocenters. The maximum absolute atomic E-state index is 13.3. The summed E-state index contributed by atoms with van der Waals surface area (Å²) in [6.07, 6.45) is 5.96. The van der Waals surface area contributed by atoms with Gasteiger partial charge in [-0.25, -0.2) is 13.8 Å². The Morgan fingerprint density at radius 1 is 1.29 bits per heavy atom. The van der Waals surface area contributed by atoms with Gasteiger partial charge in [0.15, 0.2) is 17.5 Å². The van der Waals surface area contributed by atoms with Crippen molar-refractivity contribution < 1.29 is 13.5 Å². The number of guanidine groups is 1. The molecule has 1 aliphatic rings. The van der Waals surface area contributed by atoms with Gasteiger partial charge in [-0.15, -0.1) is 0 Å². The Bertz CT molecular complexity index is 488. The second-order valence-corrected chi connectivity index (χ2v) is 5.17. The summed E-state index contributed by atoms with van der Waals surface area (Å²) in [7, 11) is 0. The summed E-state index contributed by atoms with van der Waals surface area (Å²) in [5.74, 6) is -0.929. The smallest absolute Gasteiger partial charge is 0.188 e. The Morgan fingerprint density at radius 2 is 2.05 bits per heavy atom. The number of hydrogen-bond acceptors (Lipinski definition) is 2. The van der Waals surface area contributed by atoms with Gasteiger partial charge in [-0.2, -0.15) is 0 Å². The molecule has 0 bridgehead atoms. The Balaban J connectivity index is 1.71. The third-order valence-electron chi connectivity index (χ3n) is 3.48. The molecule has 3 N–H and O–H groups in total. The third kappa shape index (κ3) is 5.21. The average Bonchev–Trinajstić information content (AvgIpc) is 2.46. The molecule has 21 heavy (non-hydrogen) atoms. The molecule has 1 aromatic carbocycles. The van der Waals surface area contributed by atoms with Gasteiger partial charge in [-0.1, -0.05) is 19.3 Å². The molecule has 1 saturated carbocycles. The van der Waals surface area contributed by atoms with E-state index in [4.69, 9.17) is 10.5 Å². The van der Waals surface area contributed by atoms with Crippen molar-refractivity contribution in [1.29, 1.82) is 0 Å². The van der Waals surface area contributed by atoms with Crippen LogP contribution in [0.5, 0.6) is 5.75 Å². The van der Waals surface area contributed by atoms with Gasteiger partial charge >= 0.3 is 0 Å². The lowest BCUT2D eigenvalue weighted by Crippen LogP contribution is -2.41. The van der Waals surface area contributed by atoms with Gasteiger partial charge in [-0.05, 0) is 25.0 Å². The van der Waals surface area contributed by atoms with Crippen LogP contribution >= 0.6 is 0 Å². The fraction of sp³-hybridized carbons (Fsp3) is 0.533. The first-order valence-corrected chi connectivity index (χ1v) is 7.29. The van der Waals surface area contributed by atoms with Gasteiger partial charge in [-0.3, -0.25) is 0 Å². The van der Waals surface area contributed by atoms with Gasteiger partial charge < -0.3 is 15.8 Å². The minimum Gasteiger partial charge on any atom is -0.489 e. The molecule has 1 aromatic rings. The molecule has 0 saturated heterocycles. The lowest BCUT2D eigenvalue weighted by molar-refractivity contribution is 0.310. The van der Waals surface area contributed by atoms with Crippen molar-refractivity contribution in [1.82, 2.24) is 5.32 Å². The number of hydrogen-bond donors (Lipinski definition) is 2. The van der Waals surface area contributed by atoms with E-state index in [0.717, 1.165) is 25.0 Å². The minimum absolute atomic E-state index is 0.0189. The Morgan fingerprint density at radius 3 is 2.76 bits per heavy atom. The maximum atomic E-state index is 13.3. The zero-order valence-corrected chi connectivity index (χ0v) is 11.9. The van der Waals surface area contributed by atoms with Crippen molar-refractivity contribution in [3.63, 3.8) is 0 Å². The summed E-state index contributed by atoms with van der Waals surface area (Å²) in [5.41, 5.74) is 5.79. The van der Waals surface area contributed by atoms with Crippen LogP contribution in [-0.4, -0.2) is 25.2 Å². The number of ether oxygens (including phenoxy) is 1. The molecule has 116 valence electrons. The monoisotopic (exact) mass is 297 g/mol. The van der Waals surface area contributed by atoms with Gasteiger partial charge in [0.2, 0.25) is 0 Å². The highest BCUT2D eigenvalue weighted by Crippen LogP contribution is 2.18. The molecule has 4 nitrogen and oxygen atoms in total. The molecule has 0 atom stereocenters. The number of benzene rings is 1. The van der Waals surface area contributed by atoms with E-state index in [1.54, 1.807) is 0 Å². The largest absolute Gasteiger partial charge is 0.489 e. The number of nitrogens with zero attached hydrogens (tertiary/aromatic N) is 1. The van der Waals surface area contributed by atoms with Crippen molar-refractivity contribution in [2.24, 2.45) is 10.7 Å². The molecule has 2 rings (SSSR count). The third-order valence-corrected chi connectivity index (χ3v) is 3.48. The average molecular weight is 297 g/mol. The van der Waals surface area contributed by atoms with Crippen molar-refractivity contribution in [3.05, 3.63) is 29.8 Å². The summed E-state index contributed by atoms with van der Waals surface area (Å²) < 4.78 is 31.2. The van der Waals surface area contributed by atoms with E-state index in [1.807, 2.05) is 0 Å². The molecule has 0 aliphatic heterocycles. The van der Waals surface area contributed by atoms with Crippen LogP contribution in [0.1, 0.15) is 32.1 Å². The Labute approximate surface area is 123 Å². The van der Waals surface area contributed by atoms with Crippen LogP contribution in [0.2, 0.25) is 0 Å². The number of halogens is 2. The fourth-order valence-corrected chi connectivity index (χ4v) is 2.42. The highest BCUT2D eigenvalue weighted by atomic mass is 19.1.